The monoisotopic (exact) mass is 474 g/mol. The second kappa shape index (κ2) is 10.2. The molecule has 0 saturated carbocycles. The zero-order valence-electron chi connectivity index (χ0n) is 20.1. The molecular weight excluding hydrogens is 444 g/mol. The average molecular weight is 475 g/mol. The van der Waals surface area contributed by atoms with Crippen LogP contribution in [-0.4, -0.2) is 65.4 Å². The van der Waals surface area contributed by atoms with Crippen LogP contribution in [0.5, 0.6) is 0 Å². The molecule has 1 saturated heterocycles. The number of morpholine rings is 1. The summed E-state index contributed by atoms with van der Waals surface area (Å²) in [6.07, 6.45) is 4.36. The molecule has 0 aliphatic carbocycles. The molecule has 5 rings (SSSR count). The van der Waals surface area contributed by atoms with Crippen molar-refractivity contribution in [3.8, 4) is 11.4 Å². The first-order chi connectivity index (χ1) is 17.1. The number of nitrogens with one attached hydrogen (secondary N) is 2. The Bertz CT molecular complexity index is 1200. The smallest absolute Gasteiger partial charge is 0.319 e. The summed E-state index contributed by atoms with van der Waals surface area (Å²) in [7, 11) is 0. The van der Waals surface area contributed by atoms with Gasteiger partial charge in [-0.2, -0.15) is 0 Å². The van der Waals surface area contributed by atoms with Crippen LogP contribution in [0.25, 0.3) is 11.4 Å². The molecule has 182 valence electrons. The zero-order valence-corrected chi connectivity index (χ0v) is 20.1. The molecule has 2 aliphatic rings. The van der Waals surface area contributed by atoms with Gasteiger partial charge in [-0.05, 0) is 50.1 Å². The van der Waals surface area contributed by atoms with E-state index in [9.17, 15) is 4.79 Å². The van der Waals surface area contributed by atoms with Gasteiger partial charge in [0.15, 0.2) is 5.82 Å². The predicted molar refractivity (Wildman–Crippen MR) is 135 cm³/mol. The van der Waals surface area contributed by atoms with Gasteiger partial charge in [-0.15, -0.1) is 0 Å². The van der Waals surface area contributed by atoms with E-state index in [1.165, 1.54) is 5.56 Å². The number of ether oxygens (including phenoxy) is 1. The normalized spacial score (nSPS) is 15.5. The standard InChI is InChI=1S/C25H30N8O2/c1-3-26-25(34)30-20-6-5-18(15-17(20)2)22-29-21-16-33(24-27-8-4-9-28-24)10-7-19(21)23(31-22)32-11-13-35-14-12-32/h4-6,8-9,15H,3,7,10-14,16H2,1-2H3,(H2,26,30,34). The van der Waals surface area contributed by atoms with E-state index in [2.05, 4.69) is 30.4 Å². The van der Waals surface area contributed by atoms with Crippen LogP contribution < -0.4 is 20.4 Å². The molecule has 0 bridgehead atoms. The van der Waals surface area contributed by atoms with Crippen LogP contribution >= 0.6 is 0 Å². The number of hydrogen-bond donors (Lipinski definition) is 2. The summed E-state index contributed by atoms with van der Waals surface area (Å²) >= 11 is 0. The maximum absolute atomic E-state index is 12.0. The molecule has 3 aromatic rings. The highest BCUT2D eigenvalue weighted by atomic mass is 16.5. The number of fused-ring (bicyclic) bond motifs is 1. The molecule has 4 heterocycles. The highest BCUT2D eigenvalue weighted by Crippen LogP contribution is 2.32. The summed E-state index contributed by atoms with van der Waals surface area (Å²) in [6, 6.07) is 7.49. The fourth-order valence-corrected chi connectivity index (χ4v) is 4.47. The van der Waals surface area contributed by atoms with Crippen molar-refractivity contribution in [3.63, 3.8) is 0 Å². The number of aryl methyl sites for hydroxylation is 1. The van der Waals surface area contributed by atoms with E-state index in [0.29, 0.717) is 38.1 Å². The number of anilines is 3. The molecule has 2 aliphatic heterocycles. The van der Waals surface area contributed by atoms with Crippen molar-refractivity contribution in [3.05, 3.63) is 53.5 Å². The van der Waals surface area contributed by atoms with Crippen LogP contribution in [0.4, 0.5) is 22.2 Å². The molecular formula is C25H30N8O2. The zero-order chi connectivity index (χ0) is 24.2. The van der Waals surface area contributed by atoms with Gasteiger partial charge in [-0.3, -0.25) is 0 Å². The molecule has 2 aromatic heterocycles. The minimum atomic E-state index is -0.216. The average Bonchev–Trinajstić information content (AvgIpc) is 2.90. The van der Waals surface area contributed by atoms with Crippen molar-refractivity contribution in [2.75, 3.05) is 54.5 Å². The van der Waals surface area contributed by atoms with Crippen molar-refractivity contribution in [2.24, 2.45) is 0 Å². The van der Waals surface area contributed by atoms with Crippen molar-refractivity contribution >= 4 is 23.5 Å². The second-order valence-electron chi connectivity index (χ2n) is 8.63. The van der Waals surface area contributed by atoms with E-state index in [1.807, 2.05) is 38.1 Å². The van der Waals surface area contributed by atoms with Gasteiger partial charge in [0.25, 0.3) is 0 Å². The first-order valence-electron chi connectivity index (χ1n) is 12.0. The summed E-state index contributed by atoms with van der Waals surface area (Å²) in [6.45, 7) is 8.88. The highest BCUT2D eigenvalue weighted by molar-refractivity contribution is 5.90. The molecule has 0 spiro atoms. The Morgan fingerprint density at radius 3 is 2.63 bits per heavy atom. The Morgan fingerprint density at radius 2 is 1.89 bits per heavy atom. The number of benzene rings is 1. The quantitative estimate of drug-likeness (QED) is 0.581. The van der Waals surface area contributed by atoms with E-state index < -0.39 is 0 Å². The lowest BCUT2D eigenvalue weighted by molar-refractivity contribution is 0.122. The van der Waals surface area contributed by atoms with Crippen LogP contribution in [0.15, 0.2) is 36.7 Å². The summed E-state index contributed by atoms with van der Waals surface area (Å²) < 4.78 is 5.58. The van der Waals surface area contributed by atoms with Gasteiger partial charge in [-0.1, -0.05) is 0 Å². The van der Waals surface area contributed by atoms with Gasteiger partial charge < -0.3 is 25.2 Å². The maximum Gasteiger partial charge on any atom is 0.319 e. The predicted octanol–water partition coefficient (Wildman–Crippen LogP) is 2.78. The van der Waals surface area contributed by atoms with Gasteiger partial charge in [0, 0.05) is 55.4 Å². The van der Waals surface area contributed by atoms with Crippen LogP contribution in [0.3, 0.4) is 0 Å². The summed E-state index contributed by atoms with van der Waals surface area (Å²) in [4.78, 5) is 35.4. The lowest BCUT2D eigenvalue weighted by atomic mass is 10.0. The maximum atomic E-state index is 12.0. The van der Waals surface area contributed by atoms with Gasteiger partial charge in [0.05, 0.1) is 25.5 Å². The Morgan fingerprint density at radius 1 is 1.09 bits per heavy atom. The Kier molecular flexibility index (Phi) is 6.71. The minimum Gasteiger partial charge on any atom is -0.378 e. The van der Waals surface area contributed by atoms with Crippen molar-refractivity contribution in [1.82, 2.24) is 25.3 Å². The fourth-order valence-electron chi connectivity index (χ4n) is 4.47. The number of nitrogens with zero attached hydrogens (tertiary/aromatic N) is 6. The number of amides is 2. The van der Waals surface area contributed by atoms with E-state index >= 15 is 0 Å². The Hall–Kier alpha value is -3.79. The third kappa shape index (κ3) is 5.02. The summed E-state index contributed by atoms with van der Waals surface area (Å²) in [5.41, 5.74) is 4.81. The number of carbonyl (C=O) groups is 1. The van der Waals surface area contributed by atoms with Gasteiger partial charge in [-0.25, -0.2) is 24.7 Å². The second-order valence-corrected chi connectivity index (χ2v) is 8.63. The number of carbonyl (C=O) groups excluding carboxylic acids is 1. The SMILES string of the molecule is CCNC(=O)Nc1ccc(-c2nc3c(c(N4CCOCC4)n2)CCN(c2ncccn2)C3)cc1C. The largest absolute Gasteiger partial charge is 0.378 e. The van der Waals surface area contributed by atoms with E-state index in [-0.39, 0.29) is 6.03 Å². The van der Waals surface area contributed by atoms with E-state index in [0.717, 1.165) is 54.4 Å². The molecule has 10 heteroatoms. The third-order valence-electron chi connectivity index (χ3n) is 6.26. The number of rotatable bonds is 5. The Labute approximate surface area is 204 Å². The van der Waals surface area contributed by atoms with Crippen LogP contribution in [-0.2, 0) is 17.7 Å². The topological polar surface area (TPSA) is 108 Å². The highest BCUT2D eigenvalue weighted by Gasteiger charge is 2.27. The molecule has 35 heavy (non-hydrogen) atoms. The first kappa shape index (κ1) is 23.0. The summed E-state index contributed by atoms with van der Waals surface area (Å²) in [5.74, 6) is 2.38. The number of aromatic nitrogens is 4. The van der Waals surface area contributed by atoms with Crippen LogP contribution in [0.2, 0.25) is 0 Å². The van der Waals surface area contributed by atoms with Crippen molar-refractivity contribution in [1.29, 1.82) is 0 Å². The Balaban J connectivity index is 1.50. The molecule has 10 nitrogen and oxygen atoms in total. The molecule has 1 aromatic carbocycles. The van der Waals surface area contributed by atoms with Crippen molar-refractivity contribution < 1.29 is 9.53 Å². The van der Waals surface area contributed by atoms with Gasteiger partial charge >= 0.3 is 6.03 Å². The lowest BCUT2D eigenvalue weighted by Gasteiger charge is -2.34. The van der Waals surface area contributed by atoms with Crippen LogP contribution in [0.1, 0.15) is 23.7 Å². The van der Waals surface area contributed by atoms with Crippen LogP contribution in [0, 0.1) is 6.92 Å². The number of urea groups is 1. The fraction of sp³-hybridized carbons (Fsp3) is 0.400. The third-order valence-corrected chi connectivity index (χ3v) is 6.26. The van der Waals surface area contributed by atoms with Gasteiger partial charge in [0.2, 0.25) is 5.95 Å². The minimum absolute atomic E-state index is 0.216. The molecule has 0 radical (unpaired) electrons. The summed E-state index contributed by atoms with van der Waals surface area (Å²) in [5, 5.41) is 5.65. The lowest BCUT2D eigenvalue weighted by Crippen LogP contribution is -2.39. The van der Waals surface area contributed by atoms with Gasteiger partial charge in [0.1, 0.15) is 5.82 Å². The molecule has 0 unspecified atom stereocenters. The molecule has 2 N–H and O–H groups in total. The first-order valence-corrected chi connectivity index (χ1v) is 12.0. The molecule has 2 amide bonds. The molecule has 0 atom stereocenters. The van der Waals surface area contributed by atoms with Crippen molar-refractivity contribution in [2.45, 2.75) is 26.8 Å². The number of hydrogen-bond acceptors (Lipinski definition) is 8. The molecule has 1 fully saturated rings. The van der Waals surface area contributed by atoms with E-state index in [4.69, 9.17) is 14.7 Å². The van der Waals surface area contributed by atoms with E-state index in [1.54, 1.807) is 12.4 Å².